The number of hydrogen-bond acceptors (Lipinski definition) is 3. The fraction of sp³-hybridized carbons (Fsp3) is 0.857. The van der Waals surface area contributed by atoms with E-state index in [4.69, 9.17) is 0 Å². The molecule has 0 aromatic carbocycles. The first-order chi connectivity index (χ1) is 10.1. The molecule has 1 fully saturated rings. The van der Waals surface area contributed by atoms with Gasteiger partial charge in [0.25, 0.3) is 0 Å². The number of hydrogen-bond donors (Lipinski definition) is 1. The van der Waals surface area contributed by atoms with Crippen molar-refractivity contribution >= 4 is 11.8 Å². The number of likely N-dealkylation sites (N-methyl/N-ethyl adjacent to an activating group) is 1. The van der Waals surface area contributed by atoms with Crippen LogP contribution in [0.15, 0.2) is 0 Å². The van der Waals surface area contributed by atoms with Crippen molar-refractivity contribution in [2.24, 2.45) is 5.92 Å². The van der Waals surface area contributed by atoms with Crippen LogP contribution in [0.2, 0.25) is 0 Å². The highest BCUT2D eigenvalue weighted by atomic mass is 19.4. The smallest absolute Gasteiger partial charge is 0.352 e. The van der Waals surface area contributed by atoms with Crippen molar-refractivity contribution in [3.63, 3.8) is 0 Å². The van der Waals surface area contributed by atoms with Crippen LogP contribution >= 0.6 is 0 Å². The molecule has 1 saturated carbocycles. The third-order valence-corrected chi connectivity index (χ3v) is 3.07. The monoisotopic (exact) mass is 323 g/mol. The second-order valence-corrected chi connectivity index (χ2v) is 6.30. The van der Waals surface area contributed by atoms with Crippen LogP contribution in [0.5, 0.6) is 0 Å². The Kier molecular flexibility index (Phi) is 6.65. The third-order valence-electron chi connectivity index (χ3n) is 3.07. The van der Waals surface area contributed by atoms with E-state index in [1.807, 2.05) is 0 Å². The number of amides is 2. The number of nitrogens with one attached hydrogen (secondary N) is 1. The maximum Gasteiger partial charge on any atom is 0.406 e. The van der Waals surface area contributed by atoms with Gasteiger partial charge in [-0.15, -0.1) is 0 Å². The van der Waals surface area contributed by atoms with Crippen LogP contribution in [-0.2, 0) is 9.59 Å². The molecule has 0 saturated heterocycles. The van der Waals surface area contributed by atoms with Crippen LogP contribution in [0.25, 0.3) is 0 Å². The van der Waals surface area contributed by atoms with Gasteiger partial charge >= 0.3 is 6.18 Å². The SMILES string of the molecule is CC(C)CN(CC(F)(F)F)C(=O)CN(C)CC(=O)NC1CC1. The number of carbonyl (C=O) groups excluding carboxylic acids is 2. The molecule has 0 atom stereocenters. The molecule has 1 N–H and O–H groups in total. The van der Waals surface area contributed by atoms with E-state index >= 15 is 0 Å². The van der Waals surface area contributed by atoms with E-state index in [9.17, 15) is 22.8 Å². The lowest BCUT2D eigenvalue weighted by atomic mass is 10.2. The quantitative estimate of drug-likeness (QED) is 0.731. The molecular formula is C14H24F3N3O2. The molecule has 1 aliphatic carbocycles. The first kappa shape index (κ1) is 18.7. The van der Waals surface area contributed by atoms with Gasteiger partial charge in [-0.3, -0.25) is 14.5 Å². The number of rotatable bonds is 8. The van der Waals surface area contributed by atoms with Crippen LogP contribution in [0, 0.1) is 5.92 Å². The Bertz CT molecular complexity index is 395. The van der Waals surface area contributed by atoms with Gasteiger partial charge in [0.2, 0.25) is 11.8 Å². The van der Waals surface area contributed by atoms with Crippen molar-refractivity contribution in [3.8, 4) is 0 Å². The van der Waals surface area contributed by atoms with Gasteiger partial charge in [-0.05, 0) is 25.8 Å². The third kappa shape index (κ3) is 8.21. The number of carbonyl (C=O) groups is 2. The van der Waals surface area contributed by atoms with Gasteiger partial charge in [-0.2, -0.15) is 13.2 Å². The lowest BCUT2D eigenvalue weighted by Crippen LogP contribution is -2.47. The Hall–Kier alpha value is -1.31. The van der Waals surface area contributed by atoms with Crippen LogP contribution in [0.1, 0.15) is 26.7 Å². The van der Waals surface area contributed by atoms with Crippen molar-refractivity contribution in [2.75, 3.05) is 33.2 Å². The minimum atomic E-state index is -4.42. The summed E-state index contributed by atoms with van der Waals surface area (Å²) >= 11 is 0. The molecule has 0 radical (unpaired) electrons. The van der Waals surface area contributed by atoms with Crippen LogP contribution in [0.4, 0.5) is 13.2 Å². The first-order valence-corrected chi connectivity index (χ1v) is 7.39. The minimum absolute atomic E-state index is 0.00375. The summed E-state index contributed by atoms with van der Waals surface area (Å²) in [7, 11) is 1.55. The molecule has 0 aliphatic heterocycles. The van der Waals surface area contributed by atoms with Crippen LogP contribution < -0.4 is 5.32 Å². The second kappa shape index (κ2) is 7.80. The van der Waals surface area contributed by atoms with E-state index in [0.29, 0.717) is 0 Å². The molecule has 1 aliphatic rings. The van der Waals surface area contributed by atoms with Gasteiger partial charge in [-0.25, -0.2) is 0 Å². The summed E-state index contributed by atoms with van der Waals surface area (Å²) in [6.45, 7) is 2.09. The molecule has 0 unspecified atom stereocenters. The Balaban J connectivity index is 2.47. The van der Waals surface area contributed by atoms with Crippen molar-refractivity contribution in [2.45, 2.75) is 38.9 Å². The maximum atomic E-state index is 12.5. The topological polar surface area (TPSA) is 52.7 Å². The fourth-order valence-corrected chi connectivity index (χ4v) is 2.04. The zero-order chi connectivity index (χ0) is 16.9. The van der Waals surface area contributed by atoms with Gasteiger partial charge < -0.3 is 10.2 Å². The van der Waals surface area contributed by atoms with E-state index in [-0.39, 0.29) is 37.5 Å². The second-order valence-electron chi connectivity index (χ2n) is 6.30. The molecule has 8 heteroatoms. The molecule has 5 nitrogen and oxygen atoms in total. The highest BCUT2D eigenvalue weighted by Crippen LogP contribution is 2.19. The number of alkyl halides is 3. The molecule has 2 amide bonds. The van der Waals surface area contributed by atoms with Crippen molar-refractivity contribution in [1.82, 2.24) is 15.1 Å². The minimum Gasteiger partial charge on any atom is -0.352 e. The average molecular weight is 323 g/mol. The van der Waals surface area contributed by atoms with E-state index in [2.05, 4.69) is 5.32 Å². The summed E-state index contributed by atoms with van der Waals surface area (Å²) in [4.78, 5) is 25.9. The fourth-order valence-electron chi connectivity index (χ4n) is 2.04. The first-order valence-electron chi connectivity index (χ1n) is 7.39. The molecule has 0 bridgehead atoms. The molecule has 0 aromatic heterocycles. The standard InChI is InChI=1S/C14H24F3N3O2/c1-10(2)6-20(9-14(15,16)17)13(22)8-19(3)7-12(21)18-11-4-5-11/h10-11H,4-9H2,1-3H3,(H,18,21). The Morgan fingerprint density at radius 1 is 1.23 bits per heavy atom. The molecular weight excluding hydrogens is 299 g/mol. The van der Waals surface area contributed by atoms with Crippen LogP contribution in [-0.4, -0.2) is 67.1 Å². The number of halogens is 3. The normalized spacial score (nSPS) is 15.3. The lowest BCUT2D eigenvalue weighted by Gasteiger charge is -2.27. The van der Waals surface area contributed by atoms with Gasteiger partial charge in [0, 0.05) is 12.6 Å². The summed E-state index contributed by atoms with van der Waals surface area (Å²) in [5.74, 6) is -0.883. The number of nitrogens with zero attached hydrogens (tertiary/aromatic N) is 2. The van der Waals surface area contributed by atoms with E-state index in [1.54, 1.807) is 20.9 Å². The highest BCUT2D eigenvalue weighted by molar-refractivity contribution is 5.81. The summed E-state index contributed by atoms with van der Waals surface area (Å²) in [5.41, 5.74) is 0. The van der Waals surface area contributed by atoms with Gasteiger partial charge in [0.1, 0.15) is 6.54 Å². The molecule has 22 heavy (non-hydrogen) atoms. The Morgan fingerprint density at radius 2 is 1.82 bits per heavy atom. The molecule has 128 valence electrons. The summed E-state index contributed by atoms with van der Waals surface area (Å²) in [6.07, 6.45) is -2.50. The predicted molar refractivity (Wildman–Crippen MR) is 76.1 cm³/mol. The predicted octanol–water partition coefficient (Wildman–Crippen LogP) is 1.24. The highest BCUT2D eigenvalue weighted by Gasteiger charge is 2.33. The Morgan fingerprint density at radius 3 is 2.27 bits per heavy atom. The lowest BCUT2D eigenvalue weighted by molar-refractivity contribution is -0.162. The summed E-state index contributed by atoms with van der Waals surface area (Å²) in [6, 6.07) is 0.222. The summed E-state index contributed by atoms with van der Waals surface area (Å²) in [5, 5.41) is 2.77. The average Bonchev–Trinajstić information content (AvgIpc) is 3.08. The molecule has 0 heterocycles. The van der Waals surface area contributed by atoms with Crippen molar-refractivity contribution < 1.29 is 22.8 Å². The maximum absolute atomic E-state index is 12.5. The molecule has 0 spiro atoms. The molecule has 1 rings (SSSR count). The van der Waals surface area contributed by atoms with Gasteiger partial charge in [0.05, 0.1) is 13.1 Å². The molecule has 0 aromatic rings. The largest absolute Gasteiger partial charge is 0.406 e. The summed E-state index contributed by atoms with van der Waals surface area (Å²) < 4.78 is 37.6. The van der Waals surface area contributed by atoms with E-state index in [0.717, 1.165) is 17.7 Å². The van der Waals surface area contributed by atoms with E-state index in [1.165, 1.54) is 4.90 Å². The van der Waals surface area contributed by atoms with Gasteiger partial charge in [-0.1, -0.05) is 13.8 Å². The Labute approximate surface area is 128 Å². The van der Waals surface area contributed by atoms with Crippen molar-refractivity contribution in [1.29, 1.82) is 0 Å². The zero-order valence-corrected chi connectivity index (χ0v) is 13.2. The zero-order valence-electron chi connectivity index (χ0n) is 13.2. The van der Waals surface area contributed by atoms with Crippen molar-refractivity contribution in [3.05, 3.63) is 0 Å². The van der Waals surface area contributed by atoms with Gasteiger partial charge in [0.15, 0.2) is 0 Å². The van der Waals surface area contributed by atoms with E-state index < -0.39 is 18.6 Å². The van der Waals surface area contributed by atoms with Crippen LogP contribution in [0.3, 0.4) is 0 Å².